The number of halogens is 4. The summed E-state index contributed by atoms with van der Waals surface area (Å²) in [6.45, 7) is 0.299. The summed E-state index contributed by atoms with van der Waals surface area (Å²) >= 11 is 3.34. The molecule has 0 saturated heterocycles. The normalized spacial score (nSPS) is 16.4. The van der Waals surface area contributed by atoms with Gasteiger partial charge in [0, 0.05) is 0 Å². The molecule has 0 spiro atoms. The van der Waals surface area contributed by atoms with Gasteiger partial charge >= 0.3 is 6.18 Å². The number of anilines is 1. The second-order valence-corrected chi connectivity index (χ2v) is 5.29. The molecule has 3 N–H and O–H groups in total. The molecule has 0 radical (unpaired) electrons. The summed E-state index contributed by atoms with van der Waals surface area (Å²) in [5, 5.41) is 10.7. The molecular weight excluding hydrogens is 323 g/mol. The van der Waals surface area contributed by atoms with E-state index in [0.717, 1.165) is 18.2 Å². The van der Waals surface area contributed by atoms with Gasteiger partial charge in [-0.2, -0.15) is 13.2 Å². The van der Waals surface area contributed by atoms with Crippen LogP contribution in [0.1, 0.15) is 6.92 Å². The molecule has 5 nitrogen and oxygen atoms in total. The van der Waals surface area contributed by atoms with E-state index in [1.165, 1.54) is 0 Å². The topological polar surface area (TPSA) is 86.6 Å². The summed E-state index contributed by atoms with van der Waals surface area (Å²) in [7, 11) is 0. The van der Waals surface area contributed by atoms with Crippen molar-refractivity contribution in [2.45, 2.75) is 23.6 Å². The molecule has 2 atom stereocenters. The molecule has 10 heteroatoms. The first-order valence-electron chi connectivity index (χ1n) is 4.98. The Kier molecular flexibility index (Phi) is 4.80. The third-order valence-corrected chi connectivity index (χ3v) is 3.35. The Balaban J connectivity index is 3.00. The Morgan fingerprint density at radius 1 is 1.40 bits per heavy atom. The summed E-state index contributed by atoms with van der Waals surface area (Å²) in [6.07, 6.45) is -5.16. The van der Waals surface area contributed by atoms with Gasteiger partial charge in [-0.1, -0.05) is 11.6 Å². The van der Waals surface area contributed by atoms with Gasteiger partial charge in [-0.3, -0.25) is 4.79 Å². The van der Waals surface area contributed by atoms with Crippen molar-refractivity contribution in [1.82, 2.24) is 0 Å². The van der Waals surface area contributed by atoms with E-state index in [9.17, 15) is 22.2 Å². The minimum Gasteiger partial charge on any atom is -0.373 e. The number of carbonyl (C=O) groups excluding carboxylic acids is 1. The summed E-state index contributed by atoms with van der Waals surface area (Å²) in [6, 6.07) is 3.16. The van der Waals surface area contributed by atoms with Crippen LogP contribution in [-0.2, 0) is 15.9 Å². The first-order valence-corrected chi connectivity index (χ1v) is 6.46. The highest BCUT2D eigenvalue weighted by Crippen LogP contribution is 2.32. The molecule has 0 heterocycles. The van der Waals surface area contributed by atoms with E-state index in [-0.39, 0.29) is 15.6 Å². The average molecular weight is 332 g/mol. The predicted octanol–water partition coefficient (Wildman–Crippen LogP) is 2.17. The maximum absolute atomic E-state index is 12.4. The van der Waals surface area contributed by atoms with Crippen molar-refractivity contribution in [2.24, 2.45) is 0 Å². The summed E-state index contributed by atoms with van der Waals surface area (Å²) in [4.78, 5) is 11.3. The Hall–Kier alpha value is -1.16. The lowest BCUT2D eigenvalue weighted by Gasteiger charge is -2.25. The lowest BCUT2D eigenvalue weighted by molar-refractivity contribution is -0.242. The van der Waals surface area contributed by atoms with Crippen molar-refractivity contribution in [1.29, 1.82) is 0 Å². The molecule has 1 aromatic rings. The molecule has 0 bridgehead atoms. The zero-order valence-corrected chi connectivity index (χ0v) is 11.4. The highest BCUT2D eigenvalue weighted by molar-refractivity contribution is 7.79. The quantitative estimate of drug-likeness (QED) is 0.741. The zero-order chi connectivity index (χ0) is 15.7. The summed E-state index contributed by atoms with van der Waals surface area (Å²) < 4.78 is 56.9. The van der Waals surface area contributed by atoms with E-state index in [4.69, 9.17) is 21.3 Å². The molecule has 1 aromatic carbocycles. The Morgan fingerprint density at radius 3 is 2.35 bits per heavy atom. The highest BCUT2D eigenvalue weighted by Gasteiger charge is 2.55. The largest absolute Gasteiger partial charge is 0.426 e. The molecule has 0 aliphatic carbocycles. The molecular formula is C10H9ClF3NO4S. The second kappa shape index (κ2) is 5.68. The molecule has 1 amide bonds. The Morgan fingerprint density at radius 2 is 1.95 bits per heavy atom. The van der Waals surface area contributed by atoms with Crippen LogP contribution in [0.4, 0.5) is 18.9 Å². The van der Waals surface area contributed by atoms with Crippen molar-refractivity contribution in [3.8, 4) is 0 Å². The molecule has 0 aliphatic rings. The molecule has 1 rings (SSSR count). The number of carbonyl (C=O) groups is 1. The number of nitrogens with one attached hydrogen (secondary N) is 1. The van der Waals surface area contributed by atoms with E-state index in [1.807, 2.05) is 0 Å². The van der Waals surface area contributed by atoms with Crippen LogP contribution in [0, 0.1) is 0 Å². The third-order valence-electron chi connectivity index (χ3n) is 2.38. The smallest absolute Gasteiger partial charge is 0.373 e. The maximum Gasteiger partial charge on any atom is 0.426 e. The fraction of sp³-hybridized carbons (Fsp3) is 0.300. The van der Waals surface area contributed by atoms with Crippen LogP contribution in [0.15, 0.2) is 23.1 Å². The lowest BCUT2D eigenvalue weighted by atomic mass is 10.1. The van der Waals surface area contributed by atoms with E-state index < -0.39 is 28.8 Å². The van der Waals surface area contributed by atoms with Gasteiger partial charge in [0.2, 0.25) is 5.60 Å². The SMILES string of the molecule is C[C@@](O)(C(=O)Nc1ccc(S(=O)O)cc1Cl)C(F)(F)F. The van der Waals surface area contributed by atoms with E-state index in [0.29, 0.717) is 6.92 Å². The fourth-order valence-corrected chi connectivity index (χ4v) is 1.77. The van der Waals surface area contributed by atoms with Gasteiger partial charge in [-0.25, -0.2) is 4.21 Å². The average Bonchev–Trinajstić information content (AvgIpc) is 2.29. The van der Waals surface area contributed by atoms with E-state index >= 15 is 0 Å². The van der Waals surface area contributed by atoms with Crippen LogP contribution in [0.5, 0.6) is 0 Å². The van der Waals surface area contributed by atoms with E-state index in [1.54, 1.807) is 5.32 Å². The van der Waals surface area contributed by atoms with Crippen LogP contribution >= 0.6 is 11.6 Å². The van der Waals surface area contributed by atoms with Crippen LogP contribution in [0.25, 0.3) is 0 Å². The minimum atomic E-state index is -5.16. The van der Waals surface area contributed by atoms with E-state index in [2.05, 4.69) is 0 Å². The Labute approximate surface area is 119 Å². The number of rotatable bonds is 3. The standard InChI is InChI=1S/C10H9ClF3NO4S/c1-9(17,10(12,13)14)8(16)15-7-3-2-5(20(18)19)4-6(7)11/h2-4,17H,1H3,(H,15,16)(H,18,19)/t9-/m1/s1. The molecule has 112 valence electrons. The predicted molar refractivity (Wildman–Crippen MR) is 65.8 cm³/mol. The van der Waals surface area contributed by atoms with Gasteiger partial charge in [0.1, 0.15) is 0 Å². The van der Waals surface area contributed by atoms with Gasteiger partial charge in [0.25, 0.3) is 5.91 Å². The Bertz CT molecular complexity index is 562. The molecule has 20 heavy (non-hydrogen) atoms. The molecule has 0 fully saturated rings. The third kappa shape index (κ3) is 3.48. The van der Waals surface area contributed by atoms with Crippen molar-refractivity contribution >= 4 is 34.3 Å². The van der Waals surface area contributed by atoms with Crippen LogP contribution < -0.4 is 5.32 Å². The number of hydrogen-bond acceptors (Lipinski definition) is 3. The summed E-state index contributed by atoms with van der Waals surface area (Å²) in [5.74, 6) is -1.72. The van der Waals surface area contributed by atoms with Gasteiger partial charge in [0.05, 0.1) is 15.6 Å². The van der Waals surface area contributed by atoms with Gasteiger partial charge in [-0.05, 0) is 25.1 Å². The molecule has 1 unspecified atom stereocenters. The molecule has 0 aromatic heterocycles. The zero-order valence-electron chi connectivity index (χ0n) is 9.86. The number of hydrogen-bond donors (Lipinski definition) is 3. The number of benzene rings is 1. The monoisotopic (exact) mass is 331 g/mol. The fourth-order valence-electron chi connectivity index (χ4n) is 1.08. The highest BCUT2D eigenvalue weighted by atomic mass is 35.5. The van der Waals surface area contributed by atoms with Crippen molar-refractivity contribution < 1.29 is 31.8 Å². The van der Waals surface area contributed by atoms with Gasteiger partial charge in [0.15, 0.2) is 11.1 Å². The lowest BCUT2D eigenvalue weighted by Crippen LogP contribution is -2.52. The van der Waals surface area contributed by atoms with Gasteiger partial charge in [-0.15, -0.1) is 0 Å². The number of alkyl halides is 3. The van der Waals surface area contributed by atoms with Crippen molar-refractivity contribution in [3.05, 3.63) is 23.2 Å². The van der Waals surface area contributed by atoms with Crippen LogP contribution in [-0.4, -0.2) is 31.6 Å². The maximum atomic E-state index is 12.4. The minimum absolute atomic E-state index is 0.0874. The van der Waals surface area contributed by atoms with Crippen LogP contribution in [0.2, 0.25) is 5.02 Å². The number of aliphatic hydroxyl groups is 1. The summed E-state index contributed by atoms with van der Waals surface area (Å²) in [5.41, 5.74) is -3.81. The first kappa shape index (κ1) is 16.9. The van der Waals surface area contributed by atoms with Crippen molar-refractivity contribution in [2.75, 3.05) is 5.32 Å². The van der Waals surface area contributed by atoms with Crippen LogP contribution in [0.3, 0.4) is 0 Å². The molecule has 0 aliphatic heterocycles. The first-order chi connectivity index (χ1) is 8.96. The number of amides is 1. The second-order valence-electron chi connectivity index (χ2n) is 3.91. The van der Waals surface area contributed by atoms with Gasteiger partial charge < -0.3 is 15.0 Å². The van der Waals surface area contributed by atoms with Crippen molar-refractivity contribution in [3.63, 3.8) is 0 Å². The molecule has 0 saturated carbocycles.